The second-order valence-electron chi connectivity index (χ2n) is 7.79. The van der Waals surface area contributed by atoms with Crippen LogP contribution in [0.4, 0.5) is 0 Å². The smallest absolute Gasteiger partial charge is 0.262 e. The second-order valence-corrected chi connectivity index (χ2v) is 7.79. The van der Waals surface area contributed by atoms with Gasteiger partial charge in [-0.3, -0.25) is 4.79 Å². The summed E-state index contributed by atoms with van der Waals surface area (Å²) in [6, 6.07) is 11.9. The van der Waals surface area contributed by atoms with E-state index < -0.39 is 0 Å². The van der Waals surface area contributed by atoms with Crippen molar-refractivity contribution in [3.8, 4) is 6.07 Å². The van der Waals surface area contributed by atoms with Crippen molar-refractivity contribution in [3.05, 3.63) is 64.0 Å². The number of hydrogen-bond acceptors (Lipinski definition) is 3. The molecule has 1 aliphatic heterocycles. The fourth-order valence-corrected chi connectivity index (χ4v) is 3.98. The van der Waals surface area contributed by atoms with Crippen molar-refractivity contribution in [2.45, 2.75) is 59.2 Å². The van der Waals surface area contributed by atoms with Gasteiger partial charge in [-0.2, -0.15) is 5.26 Å². The number of nitrogens with zero attached hydrogens (tertiary/aromatic N) is 2. The van der Waals surface area contributed by atoms with Crippen LogP contribution in [0.25, 0.3) is 6.08 Å². The van der Waals surface area contributed by atoms with E-state index in [-0.39, 0.29) is 23.6 Å². The van der Waals surface area contributed by atoms with E-state index in [0.717, 1.165) is 54.1 Å². The summed E-state index contributed by atoms with van der Waals surface area (Å²) in [6.45, 7) is 9.66. The normalized spacial score (nSPS) is 17.8. The minimum atomic E-state index is -0.354. The van der Waals surface area contributed by atoms with Crippen LogP contribution in [0.1, 0.15) is 53.9 Å². The van der Waals surface area contributed by atoms with Gasteiger partial charge in [-0.05, 0) is 69.4 Å². The molecule has 0 saturated carbocycles. The monoisotopic (exact) mass is 391 g/mol. The largest absolute Gasteiger partial charge is 0.376 e. The molecule has 2 unspecified atom stereocenters. The quantitative estimate of drug-likeness (QED) is 0.587. The van der Waals surface area contributed by atoms with Crippen LogP contribution in [0, 0.1) is 32.1 Å². The molecule has 0 radical (unpaired) electrons. The van der Waals surface area contributed by atoms with E-state index in [1.165, 1.54) is 0 Å². The molecule has 1 aromatic carbocycles. The van der Waals surface area contributed by atoms with E-state index in [1.54, 1.807) is 6.08 Å². The molecule has 5 nitrogen and oxygen atoms in total. The number of ether oxygens (including phenoxy) is 1. The number of benzene rings is 1. The lowest BCUT2D eigenvalue weighted by Crippen LogP contribution is -2.28. The highest BCUT2D eigenvalue weighted by Crippen LogP contribution is 2.23. The summed E-state index contributed by atoms with van der Waals surface area (Å²) < 4.78 is 7.97. The molecule has 1 aliphatic rings. The maximum Gasteiger partial charge on any atom is 0.262 e. The Labute approximate surface area is 173 Å². The van der Waals surface area contributed by atoms with Crippen LogP contribution in [0.15, 0.2) is 35.9 Å². The van der Waals surface area contributed by atoms with Crippen molar-refractivity contribution >= 4 is 12.0 Å². The van der Waals surface area contributed by atoms with Gasteiger partial charge in [-0.1, -0.05) is 24.3 Å². The zero-order valence-electron chi connectivity index (χ0n) is 17.7. The molecular weight excluding hydrogens is 362 g/mol. The number of amides is 1. The molecule has 1 fully saturated rings. The minimum absolute atomic E-state index is 0.114. The summed E-state index contributed by atoms with van der Waals surface area (Å²) in [5.74, 6) is -0.354. The number of nitrogens with one attached hydrogen (secondary N) is 1. The molecule has 152 valence electrons. The Bertz CT molecular complexity index is 959. The third-order valence-corrected chi connectivity index (χ3v) is 5.69. The number of nitriles is 1. The van der Waals surface area contributed by atoms with Crippen LogP contribution in [0.3, 0.4) is 0 Å². The lowest BCUT2D eigenvalue weighted by molar-refractivity contribution is -0.117. The summed E-state index contributed by atoms with van der Waals surface area (Å²) in [5, 5.41) is 12.5. The van der Waals surface area contributed by atoms with Crippen LogP contribution >= 0.6 is 0 Å². The predicted octanol–water partition coefficient (Wildman–Crippen LogP) is 4.38. The highest BCUT2D eigenvalue weighted by molar-refractivity contribution is 6.02. The fourth-order valence-electron chi connectivity index (χ4n) is 3.98. The number of rotatable bonds is 6. The molecule has 1 aromatic heterocycles. The molecule has 0 aliphatic carbocycles. The molecule has 29 heavy (non-hydrogen) atoms. The van der Waals surface area contributed by atoms with Gasteiger partial charge in [0.25, 0.3) is 5.91 Å². The Morgan fingerprint density at radius 2 is 2.14 bits per heavy atom. The number of carbonyl (C=O) groups excluding carboxylic acids is 1. The summed E-state index contributed by atoms with van der Waals surface area (Å²) >= 11 is 0. The van der Waals surface area contributed by atoms with Gasteiger partial charge in [0.15, 0.2) is 0 Å². The number of aryl methyl sites for hydroxylation is 2. The first-order chi connectivity index (χ1) is 13.9. The summed E-state index contributed by atoms with van der Waals surface area (Å²) in [5.41, 5.74) is 5.33. The van der Waals surface area contributed by atoms with Gasteiger partial charge >= 0.3 is 0 Å². The zero-order valence-corrected chi connectivity index (χ0v) is 17.7. The number of aromatic nitrogens is 1. The molecule has 1 N–H and O–H groups in total. The van der Waals surface area contributed by atoms with Gasteiger partial charge in [0, 0.05) is 24.5 Å². The Kier molecular flexibility index (Phi) is 6.56. The highest BCUT2D eigenvalue weighted by atomic mass is 16.5. The lowest BCUT2D eigenvalue weighted by atomic mass is 10.0. The third-order valence-electron chi connectivity index (χ3n) is 5.69. The highest BCUT2D eigenvalue weighted by Gasteiger charge is 2.20. The van der Waals surface area contributed by atoms with E-state index in [2.05, 4.69) is 16.0 Å². The predicted molar refractivity (Wildman–Crippen MR) is 114 cm³/mol. The van der Waals surface area contributed by atoms with Crippen molar-refractivity contribution in [1.29, 1.82) is 5.26 Å². The fraction of sp³-hybridized carbons (Fsp3) is 0.417. The summed E-state index contributed by atoms with van der Waals surface area (Å²) in [6.07, 6.45) is 4.11. The van der Waals surface area contributed by atoms with Gasteiger partial charge in [0.05, 0.1) is 12.1 Å². The lowest BCUT2D eigenvalue weighted by Gasteiger charge is -2.16. The summed E-state index contributed by atoms with van der Waals surface area (Å²) in [7, 11) is 0. The SMILES string of the molecule is Cc1ccccc1C(C)NC(=O)/C(C#N)=C/c1cc(C)n(CC2CCCO2)c1C. The second kappa shape index (κ2) is 9.11. The molecule has 2 aromatic rings. The Morgan fingerprint density at radius 1 is 1.38 bits per heavy atom. The van der Waals surface area contributed by atoms with Crippen LogP contribution in [0.2, 0.25) is 0 Å². The van der Waals surface area contributed by atoms with Crippen LogP contribution in [0.5, 0.6) is 0 Å². The van der Waals surface area contributed by atoms with Gasteiger partial charge in [-0.15, -0.1) is 0 Å². The first kappa shape index (κ1) is 20.9. The van der Waals surface area contributed by atoms with Gasteiger partial charge < -0.3 is 14.6 Å². The van der Waals surface area contributed by atoms with E-state index in [1.807, 2.05) is 58.0 Å². The van der Waals surface area contributed by atoms with Crippen molar-refractivity contribution in [3.63, 3.8) is 0 Å². The molecule has 5 heteroatoms. The van der Waals surface area contributed by atoms with Gasteiger partial charge in [0.2, 0.25) is 0 Å². The van der Waals surface area contributed by atoms with Crippen LogP contribution in [-0.2, 0) is 16.1 Å². The number of carbonyl (C=O) groups is 1. The van der Waals surface area contributed by atoms with Crippen molar-refractivity contribution < 1.29 is 9.53 Å². The van der Waals surface area contributed by atoms with Gasteiger partial charge in [0.1, 0.15) is 11.6 Å². The van der Waals surface area contributed by atoms with E-state index in [4.69, 9.17) is 4.74 Å². The zero-order chi connectivity index (χ0) is 21.0. The Hall–Kier alpha value is -2.84. The molecule has 3 rings (SSSR count). The standard InChI is InChI=1S/C24H29N3O2/c1-16-8-5-6-10-23(16)18(3)26-24(28)21(14-25)13-20-12-17(2)27(19(20)4)15-22-9-7-11-29-22/h5-6,8,10,12-13,18,22H,7,9,11,15H2,1-4H3,(H,26,28)/b21-13+. The molecule has 0 spiro atoms. The molecule has 2 heterocycles. The van der Waals surface area contributed by atoms with Crippen molar-refractivity contribution in [1.82, 2.24) is 9.88 Å². The van der Waals surface area contributed by atoms with Gasteiger partial charge in [-0.25, -0.2) is 0 Å². The maximum absolute atomic E-state index is 12.7. The first-order valence-corrected chi connectivity index (χ1v) is 10.2. The maximum atomic E-state index is 12.7. The van der Waals surface area contributed by atoms with E-state index in [9.17, 15) is 10.1 Å². The van der Waals surface area contributed by atoms with E-state index >= 15 is 0 Å². The molecule has 2 atom stereocenters. The number of hydrogen-bond donors (Lipinski definition) is 1. The first-order valence-electron chi connectivity index (χ1n) is 10.2. The van der Waals surface area contributed by atoms with Crippen molar-refractivity contribution in [2.24, 2.45) is 0 Å². The van der Waals surface area contributed by atoms with Crippen molar-refractivity contribution in [2.75, 3.05) is 6.61 Å². The minimum Gasteiger partial charge on any atom is -0.376 e. The average molecular weight is 392 g/mol. The summed E-state index contributed by atoms with van der Waals surface area (Å²) in [4.78, 5) is 12.7. The molecule has 0 bridgehead atoms. The Balaban J connectivity index is 1.78. The Morgan fingerprint density at radius 3 is 2.79 bits per heavy atom. The topological polar surface area (TPSA) is 67.0 Å². The molecule has 1 amide bonds. The van der Waals surface area contributed by atoms with Crippen LogP contribution < -0.4 is 5.32 Å². The van der Waals surface area contributed by atoms with E-state index in [0.29, 0.717) is 0 Å². The average Bonchev–Trinajstić information content (AvgIpc) is 3.30. The van der Waals surface area contributed by atoms with Crippen LogP contribution in [-0.4, -0.2) is 23.2 Å². The molecular formula is C24H29N3O2. The molecule has 1 saturated heterocycles. The third kappa shape index (κ3) is 4.78.